The van der Waals surface area contributed by atoms with Gasteiger partial charge in [-0.05, 0) is 46.7 Å². The Kier molecular flexibility index (Phi) is 8.67. The zero-order chi connectivity index (χ0) is 31.7. The maximum absolute atomic E-state index is 6.23. The van der Waals surface area contributed by atoms with Crippen LogP contribution in [0.4, 0.5) is 0 Å². The number of nitrogens with zero attached hydrogens (tertiary/aromatic N) is 4. The molecular weight excluding hydrogens is 645 g/mol. The lowest BCUT2D eigenvalue weighted by atomic mass is 9.83. The fourth-order valence-electron chi connectivity index (χ4n) is 6.75. The summed E-state index contributed by atoms with van der Waals surface area (Å²) in [7, 11) is 0. The Morgan fingerprint density at radius 3 is 0.957 bits per heavy atom. The number of benzene rings is 4. The van der Waals surface area contributed by atoms with Crippen LogP contribution in [0.3, 0.4) is 0 Å². The molecule has 3 saturated heterocycles. The van der Waals surface area contributed by atoms with Crippen LogP contribution in [0, 0.1) is 0 Å². The Morgan fingerprint density at radius 2 is 0.696 bits per heavy atom. The molecule has 3 aliphatic heterocycles. The van der Waals surface area contributed by atoms with E-state index < -0.39 is 11.1 Å². The molecule has 4 aromatic carbocycles. The van der Waals surface area contributed by atoms with Crippen LogP contribution in [0.15, 0.2) is 121 Å². The number of thiocarbonyl (C=S) groups is 4. The van der Waals surface area contributed by atoms with E-state index in [0.29, 0.717) is 23.6 Å². The van der Waals surface area contributed by atoms with Crippen molar-refractivity contribution in [3.05, 3.63) is 144 Å². The van der Waals surface area contributed by atoms with Crippen molar-refractivity contribution in [2.45, 2.75) is 11.1 Å². The molecule has 0 aliphatic carbocycles. The van der Waals surface area contributed by atoms with Crippen molar-refractivity contribution >= 4 is 69.1 Å². The first kappa shape index (κ1) is 31.0. The van der Waals surface area contributed by atoms with Crippen LogP contribution < -0.4 is 10.6 Å². The van der Waals surface area contributed by atoms with Crippen molar-refractivity contribution < 1.29 is 0 Å². The second-order valence-electron chi connectivity index (χ2n) is 11.8. The number of hydrogen-bond donors (Lipinski definition) is 2. The van der Waals surface area contributed by atoms with E-state index >= 15 is 0 Å². The minimum absolute atomic E-state index is 0.632. The third-order valence-electron chi connectivity index (χ3n) is 9.19. The van der Waals surface area contributed by atoms with E-state index in [0.717, 1.165) is 58.4 Å². The summed E-state index contributed by atoms with van der Waals surface area (Å²) < 4.78 is 0. The molecular formula is C36H34N6S4. The van der Waals surface area contributed by atoms with Gasteiger partial charge >= 0.3 is 0 Å². The van der Waals surface area contributed by atoms with Gasteiger partial charge < -0.3 is 10.6 Å². The summed E-state index contributed by atoms with van der Waals surface area (Å²) in [5, 5.41) is 8.56. The standard InChI is InChI=1S/C36H34N6S4/c43-31-35(27-13-5-1-6-14-27,28-15-7-2-8-16-28)37-33(45)41(31)25-39-21-23-40(24-22-39)26-42-32(44)36(38-34(42)46,29-17-9-3-10-18-29)30-19-11-4-12-20-30/h1-20H,21-26H2,(H,37,45)(H,38,46). The molecule has 3 aliphatic rings. The van der Waals surface area contributed by atoms with Crippen molar-refractivity contribution in [2.24, 2.45) is 0 Å². The number of nitrogens with one attached hydrogen (secondary N) is 2. The summed E-state index contributed by atoms with van der Waals surface area (Å²) in [6.07, 6.45) is 0. The number of rotatable bonds is 8. The zero-order valence-electron chi connectivity index (χ0n) is 25.2. The smallest absolute Gasteiger partial charge is 0.176 e. The Hall–Kier alpha value is -3.64. The molecule has 0 radical (unpaired) electrons. The highest BCUT2D eigenvalue weighted by molar-refractivity contribution is 7.82. The molecule has 0 saturated carbocycles. The lowest BCUT2D eigenvalue weighted by Gasteiger charge is -2.39. The molecule has 10 heteroatoms. The molecule has 232 valence electrons. The fourth-order valence-corrected chi connectivity index (χ4v) is 8.34. The van der Waals surface area contributed by atoms with Gasteiger partial charge in [-0.15, -0.1) is 0 Å². The first-order valence-corrected chi connectivity index (χ1v) is 17.0. The molecule has 2 N–H and O–H groups in total. The van der Waals surface area contributed by atoms with Crippen LogP contribution in [0.1, 0.15) is 22.3 Å². The van der Waals surface area contributed by atoms with Crippen LogP contribution >= 0.6 is 48.9 Å². The molecule has 6 nitrogen and oxygen atoms in total. The highest BCUT2D eigenvalue weighted by Gasteiger charge is 2.50. The SMILES string of the molecule is S=C1NC(c2ccccc2)(c2ccccc2)C(=S)N1CN1CCN(CN2C(=S)NC(c3ccccc3)(c3ccccc3)C2=S)CC1. The summed E-state index contributed by atoms with van der Waals surface area (Å²) in [6.45, 7) is 4.74. The quantitative estimate of drug-likeness (QED) is 0.236. The van der Waals surface area contributed by atoms with E-state index in [1.54, 1.807) is 0 Å². The van der Waals surface area contributed by atoms with Crippen molar-refractivity contribution in [2.75, 3.05) is 39.5 Å². The number of hydrogen-bond acceptors (Lipinski definition) is 6. The summed E-state index contributed by atoms with van der Waals surface area (Å²) in [4.78, 5) is 10.6. The second kappa shape index (κ2) is 12.9. The third-order valence-corrected chi connectivity index (χ3v) is 10.9. The Bertz CT molecular complexity index is 1530. The Labute approximate surface area is 292 Å². The van der Waals surface area contributed by atoms with Gasteiger partial charge in [0.05, 0.1) is 13.3 Å². The van der Waals surface area contributed by atoms with Gasteiger partial charge in [-0.1, -0.05) is 146 Å². The summed E-state index contributed by atoms with van der Waals surface area (Å²) in [6, 6.07) is 41.4. The molecule has 3 heterocycles. The van der Waals surface area contributed by atoms with Crippen LogP contribution in [-0.2, 0) is 11.1 Å². The van der Waals surface area contributed by atoms with Crippen LogP contribution in [0.2, 0.25) is 0 Å². The van der Waals surface area contributed by atoms with E-state index in [-0.39, 0.29) is 0 Å². The molecule has 4 aromatic rings. The van der Waals surface area contributed by atoms with Gasteiger partial charge in [-0.2, -0.15) is 0 Å². The maximum Gasteiger partial charge on any atom is 0.176 e. The molecule has 46 heavy (non-hydrogen) atoms. The first-order valence-electron chi connectivity index (χ1n) is 15.4. The van der Waals surface area contributed by atoms with Crippen LogP contribution in [-0.4, -0.2) is 79.3 Å². The number of piperazine rings is 1. The molecule has 0 bridgehead atoms. The molecule has 7 rings (SSSR count). The fraction of sp³-hybridized carbons (Fsp3) is 0.222. The molecule has 0 unspecified atom stereocenters. The minimum Gasteiger partial charge on any atom is -0.343 e. The van der Waals surface area contributed by atoms with Crippen molar-refractivity contribution in [1.29, 1.82) is 0 Å². The van der Waals surface area contributed by atoms with E-state index in [1.807, 2.05) is 72.8 Å². The monoisotopic (exact) mass is 678 g/mol. The maximum atomic E-state index is 6.23. The Balaban J connectivity index is 1.04. The van der Waals surface area contributed by atoms with Gasteiger partial charge in [0.25, 0.3) is 0 Å². The van der Waals surface area contributed by atoms with E-state index in [4.69, 9.17) is 48.9 Å². The molecule has 3 fully saturated rings. The molecule has 0 aromatic heterocycles. The highest BCUT2D eigenvalue weighted by Crippen LogP contribution is 2.38. The van der Waals surface area contributed by atoms with E-state index in [9.17, 15) is 0 Å². The molecule has 0 atom stereocenters. The van der Waals surface area contributed by atoms with E-state index in [2.05, 4.69) is 78.8 Å². The van der Waals surface area contributed by atoms with Gasteiger partial charge in [0.1, 0.15) is 21.1 Å². The van der Waals surface area contributed by atoms with Crippen molar-refractivity contribution in [3.8, 4) is 0 Å². The molecule has 0 amide bonds. The second-order valence-corrected chi connectivity index (χ2v) is 13.4. The van der Waals surface area contributed by atoms with Crippen LogP contribution in [0.5, 0.6) is 0 Å². The first-order chi connectivity index (χ1) is 22.4. The van der Waals surface area contributed by atoms with E-state index in [1.165, 1.54) is 0 Å². The van der Waals surface area contributed by atoms with Gasteiger partial charge in [-0.3, -0.25) is 19.6 Å². The largest absolute Gasteiger partial charge is 0.343 e. The van der Waals surface area contributed by atoms with Crippen molar-refractivity contribution in [1.82, 2.24) is 30.2 Å². The van der Waals surface area contributed by atoms with Crippen LogP contribution in [0.25, 0.3) is 0 Å². The lowest BCUT2D eigenvalue weighted by molar-refractivity contribution is 0.0999. The van der Waals surface area contributed by atoms with Gasteiger partial charge in [-0.25, -0.2) is 0 Å². The van der Waals surface area contributed by atoms with Crippen molar-refractivity contribution in [3.63, 3.8) is 0 Å². The van der Waals surface area contributed by atoms with Gasteiger partial charge in [0.15, 0.2) is 10.2 Å². The lowest BCUT2D eigenvalue weighted by Crippen LogP contribution is -2.54. The zero-order valence-corrected chi connectivity index (χ0v) is 28.5. The normalized spacial score (nSPS) is 19.7. The minimum atomic E-state index is -0.686. The highest BCUT2D eigenvalue weighted by atomic mass is 32.1. The van der Waals surface area contributed by atoms with Gasteiger partial charge in [0, 0.05) is 26.2 Å². The molecule has 0 spiro atoms. The predicted octanol–water partition coefficient (Wildman–Crippen LogP) is 5.44. The Morgan fingerprint density at radius 1 is 0.435 bits per heavy atom. The summed E-state index contributed by atoms with van der Waals surface area (Å²) in [5.74, 6) is 0. The summed E-state index contributed by atoms with van der Waals surface area (Å²) in [5.41, 5.74) is 2.94. The third kappa shape index (κ3) is 5.33. The topological polar surface area (TPSA) is 37.0 Å². The van der Waals surface area contributed by atoms with Gasteiger partial charge in [0.2, 0.25) is 0 Å². The average molecular weight is 679 g/mol. The summed E-state index contributed by atoms with van der Waals surface area (Å²) >= 11 is 24.3. The average Bonchev–Trinajstić information content (AvgIpc) is 3.52. The predicted molar refractivity (Wildman–Crippen MR) is 201 cm³/mol.